The van der Waals surface area contributed by atoms with Crippen LogP contribution >= 0.6 is 0 Å². The molecule has 1 aromatic carbocycles. The average Bonchev–Trinajstić information content (AvgIpc) is 3.19. The van der Waals surface area contributed by atoms with Gasteiger partial charge in [0.1, 0.15) is 5.75 Å². The maximum absolute atomic E-state index is 13.4. The second-order valence-electron chi connectivity index (χ2n) is 8.37. The predicted molar refractivity (Wildman–Crippen MR) is 113 cm³/mol. The Morgan fingerprint density at radius 1 is 1.14 bits per heavy atom. The van der Waals surface area contributed by atoms with Crippen LogP contribution in [0.5, 0.6) is 5.75 Å². The number of fused-ring (bicyclic) bond motifs is 5. The zero-order chi connectivity index (χ0) is 20.6. The number of imide groups is 1. The molecule has 1 aromatic heterocycles. The summed E-state index contributed by atoms with van der Waals surface area (Å²) in [5.41, 5.74) is 2.02. The average molecular weight is 398 g/mol. The molecule has 1 atom stereocenters. The molecule has 6 nitrogen and oxygen atoms in total. The van der Waals surface area contributed by atoms with Crippen molar-refractivity contribution in [2.24, 2.45) is 0 Å². The van der Waals surface area contributed by atoms with E-state index in [4.69, 9.17) is 4.74 Å². The quantitative estimate of drug-likeness (QED) is 0.524. The van der Waals surface area contributed by atoms with Crippen molar-refractivity contribution in [3.05, 3.63) is 29.5 Å². The Labute approximate surface area is 172 Å². The molecule has 0 aliphatic carbocycles. The Morgan fingerprint density at radius 3 is 2.66 bits per heavy atom. The molecule has 0 radical (unpaired) electrons. The summed E-state index contributed by atoms with van der Waals surface area (Å²) in [4.78, 5) is 33.1. The smallest absolute Gasteiger partial charge is 0.327 e. The van der Waals surface area contributed by atoms with Crippen LogP contribution in [0.3, 0.4) is 0 Å². The lowest BCUT2D eigenvalue weighted by atomic mass is 9.87. The standard InChI is InChI=1S/C23H31N3O3/c1-4-5-6-7-8-9-13-25-21(27)23(2)20-17(12-14-26(23)22(25)28)18-15-16(29-3)10-11-19(18)24-20/h10-11,15,24H,4-9,12-14H2,1-3H3. The van der Waals surface area contributed by atoms with Gasteiger partial charge in [-0.05, 0) is 43.5 Å². The van der Waals surface area contributed by atoms with Crippen molar-refractivity contribution in [3.63, 3.8) is 0 Å². The van der Waals surface area contributed by atoms with Crippen LogP contribution < -0.4 is 4.74 Å². The number of nitrogens with zero attached hydrogens (tertiary/aromatic N) is 2. The number of urea groups is 1. The summed E-state index contributed by atoms with van der Waals surface area (Å²) in [5, 5.41) is 1.08. The number of aromatic amines is 1. The highest BCUT2D eigenvalue weighted by Gasteiger charge is 2.58. The number of carbonyl (C=O) groups excluding carboxylic acids is 2. The molecule has 2 aliphatic heterocycles. The topological polar surface area (TPSA) is 65.6 Å². The van der Waals surface area contributed by atoms with Crippen molar-refractivity contribution in [1.82, 2.24) is 14.8 Å². The number of hydrogen-bond acceptors (Lipinski definition) is 3. The van der Waals surface area contributed by atoms with Crippen LogP contribution in [-0.4, -0.2) is 46.9 Å². The maximum Gasteiger partial charge on any atom is 0.327 e. The molecule has 2 aromatic rings. The number of H-pyrrole nitrogens is 1. The summed E-state index contributed by atoms with van der Waals surface area (Å²) in [6.45, 7) is 5.16. The normalized spacial score (nSPS) is 21.1. The van der Waals surface area contributed by atoms with E-state index in [1.807, 2.05) is 25.1 Å². The summed E-state index contributed by atoms with van der Waals surface area (Å²) in [6, 6.07) is 5.76. The first-order valence-corrected chi connectivity index (χ1v) is 10.8. The number of aromatic nitrogens is 1. The molecule has 1 saturated heterocycles. The van der Waals surface area contributed by atoms with Gasteiger partial charge in [-0.1, -0.05) is 39.0 Å². The number of rotatable bonds is 8. The fourth-order valence-electron chi connectivity index (χ4n) is 4.86. The van der Waals surface area contributed by atoms with Gasteiger partial charge in [0.15, 0.2) is 5.54 Å². The van der Waals surface area contributed by atoms with Gasteiger partial charge in [0.25, 0.3) is 5.91 Å². The molecule has 0 spiro atoms. The van der Waals surface area contributed by atoms with Crippen LogP contribution in [0.2, 0.25) is 0 Å². The van der Waals surface area contributed by atoms with Crippen LogP contribution in [0.1, 0.15) is 63.6 Å². The number of benzene rings is 1. The largest absolute Gasteiger partial charge is 0.497 e. The van der Waals surface area contributed by atoms with E-state index in [-0.39, 0.29) is 11.9 Å². The first-order valence-electron chi connectivity index (χ1n) is 10.8. The Kier molecular flexibility index (Phi) is 5.28. The minimum Gasteiger partial charge on any atom is -0.497 e. The summed E-state index contributed by atoms with van der Waals surface area (Å²) in [7, 11) is 1.66. The van der Waals surface area contributed by atoms with Gasteiger partial charge >= 0.3 is 6.03 Å². The predicted octanol–water partition coefficient (Wildman–Crippen LogP) is 4.57. The molecule has 0 saturated carbocycles. The fourth-order valence-corrected chi connectivity index (χ4v) is 4.86. The Hall–Kier alpha value is -2.50. The van der Waals surface area contributed by atoms with Crippen LogP contribution in [0.15, 0.2) is 18.2 Å². The van der Waals surface area contributed by atoms with Crippen molar-refractivity contribution >= 4 is 22.8 Å². The highest BCUT2D eigenvalue weighted by atomic mass is 16.5. The van der Waals surface area contributed by atoms with Crippen LogP contribution in [0, 0.1) is 0 Å². The van der Waals surface area contributed by atoms with E-state index in [0.717, 1.165) is 47.2 Å². The van der Waals surface area contributed by atoms with Gasteiger partial charge in [-0.3, -0.25) is 9.69 Å². The second kappa shape index (κ2) is 7.73. The molecule has 1 N–H and O–H groups in total. The van der Waals surface area contributed by atoms with Crippen LogP contribution in [0.4, 0.5) is 4.79 Å². The van der Waals surface area contributed by atoms with Crippen molar-refractivity contribution in [2.75, 3.05) is 20.2 Å². The van der Waals surface area contributed by atoms with E-state index in [1.165, 1.54) is 30.6 Å². The Bertz CT molecular complexity index is 935. The Balaban J connectivity index is 1.58. The number of methoxy groups -OCH3 is 1. The van der Waals surface area contributed by atoms with E-state index in [9.17, 15) is 9.59 Å². The van der Waals surface area contributed by atoms with E-state index in [1.54, 1.807) is 12.0 Å². The van der Waals surface area contributed by atoms with Gasteiger partial charge in [0.05, 0.1) is 12.8 Å². The lowest BCUT2D eigenvalue weighted by Gasteiger charge is -2.36. The highest BCUT2D eigenvalue weighted by Crippen LogP contribution is 2.44. The highest BCUT2D eigenvalue weighted by molar-refractivity contribution is 6.08. The van der Waals surface area contributed by atoms with Crippen molar-refractivity contribution < 1.29 is 14.3 Å². The van der Waals surface area contributed by atoms with Gasteiger partial charge in [0, 0.05) is 24.0 Å². The van der Waals surface area contributed by atoms with Crippen LogP contribution in [-0.2, 0) is 16.8 Å². The molecule has 156 valence electrons. The maximum atomic E-state index is 13.4. The first-order chi connectivity index (χ1) is 14.0. The number of hydrogen-bond donors (Lipinski definition) is 1. The number of carbonyl (C=O) groups is 2. The van der Waals surface area contributed by atoms with E-state index >= 15 is 0 Å². The van der Waals surface area contributed by atoms with E-state index in [2.05, 4.69) is 11.9 Å². The van der Waals surface area contributed by atoms with Gasteiger partial charge in [-0.15, -0.1) is 0 Å². The molecule has 29 heavy (non-hydrogen) atoms. The molecule has 1 fully saturated rings. The zero-order valence-corrected chi connectivity index (χ0v) is 17.7. The number of amides is 3. The van der Waals surface area contributed by atoms with E-state index < -0.39 is 5.54 Å². The second-order valence-corrected chi connectivity index (χ2v) is 8.37. The van der Waals surface area contributed by atoms with Crippen molar-refractivity contribution in [1.29, 1.82) is 0 Å². The number of ether oxygens (including phenoxy) is 1. The molecule has 3 heterocycles. The summed E-state index contributed by atoms with van der Waals surface area (Å²) in [6.07, 6.45) is 7.54. The third-order valence-corrected chi connectivity index (χ3v) is 6.58. The van der Waals surface area contributed by atoms with Crippen molar-refractivity contribution in [2.45, 2.75) is 64.3 Å². The van der Waals surface area contributed by atoms with Crippen molar-refractivity contribution in [3.8, 4) is 5.75 Å². The fraction of sp³-hybridized carbons (Fsp3) is 0.565. The van der Waals surface area contributed by atoms with E-state index in [0.29, 0.717) is 13.1 Å². The summed E-state index contributed by atoms with van der Waals surface area (Å²) in [5.74, 6) is 0.695. The molecule has 6 heteroatoms. The summed E-state index contributed by atoms with van der Waals surface area (Å²) >= 11 is 0. The molecule has 1 unspecified atom stereocenters. The molecule has 3 amide bonds. The molecule has 0 bridgehead atoms. The number of unbranched alkanes of at least 4 members (excludes halogenated alkanes) is 5. The minimum atomic E-state index is -0.945. The first kappa shape index (κ1) is 19.8. The van der Waals surface area contributed by atoms with Gasteiger partial charge in [0.2, 0.25) is 0 Å². The lowest BCUT2D eigenvalue weighted by molar-refractivity contribution is -0.133. The molecule has 4 rings (SSSR count). The minimum absolute atomic E-state index is 0.101. The monoisotopic (exact) mass is 397 g/mol. The molecular formula is C23H31N3O3. The third-order valence-electron chi connectivity index (χ3n) is 6.58. The molecule has 2 aliphatic rings. The third kappa shape index (κ3) is 3.09. The van der Waals surface area contributed by atoms with Gasteiger partial charge < -0.3 is 14.6 Å². The molecular weight excluding hydrogens is 366 g/mol. The van der Waals surface area contributed by atoms with Crippen LogP contribution in [0.25, 0.3) is 10.9 Å². The lowest BCUT2D eigenvalue weighted by Crippen LogP contribution is -2.49. The Morgan fingerprint density at radius 2 is 1.90 bits per heavy atom. The number of nitrogens with one attached hydrogen (secondary N) is 1. The SMILES string of the molecule is CCCCCCCCN1C(=O)N2CCc3c([nH]c4ccc(OC)cc34)C2(C)C1=O. The summed E-state index contributed by atoms with van der Waals surface area (Å²) < 4.78 is 5.38. The zero-order valence-electron chi connectivity index (χ0n) is 17.7. The van der Waals surface area contributed by atoms with Gasteiger partial charge in [-0.25, -0.2) is 4.79 Å². The van der Waals surface area contributed by atoms with Gasteiger partial charge in [-0.2, -0.15) is 0 Å².